The van der Waals surface area contributed by atoms with E-state index in [0.29, 0.717) is 10.0 Å². The molecule has 0 bridgehead atoms. The van der Waals surface area contributed by atoms with E-state index < -0.39 is 10.1 Å². The summed E-state index contributed by atoms with van der Waals surface area (Å²) in [4.78, 5) is 4.63. The number of nitrogens with zero attached hydrogens (tertiary/aromatic N) is 1. The quantitative estimate of drug-likeness (QED) is 0.290. The second-order valence-electron chi connectivity index (χ2n) is 6.20. The zero-order chi connectivity index (χ0) is 20.3. The van der Waals surface area contributed by atoms with Crippen molar-refractivity contribution < 1.29 is 12.6 Å². The first-order valence-electron chi connectivity index (χ1n) is 8.36. The Morgan fingerprint density at radius 2 is 1.68 bits per heavy atom. The van der Waals surface area contributed by atoms with Gasteiger partial charge in [-0.3, -0.25) is 4.99 Å². The first-order chi connectivity index (χ1) is 13.3. The van der Waals surface area contributed by atoms with Crippen LogP contribution in [0.2, 0.25) is 0 Å². The van der Waals surface area contributed by atoms with E-state index in [-0.39, 0.29) is 10.6 Å². The van der Waals surface area contributed by atoms with Crippen molar-refractivity contribution in [3.8, 4) is 5.75 Å². The van der Waals surface area contributed by atoms with Gasteiger partial charge in [0.15, 0.2) is 5.75 Å². The Kier molecular flexibility index (Phi) is 6.37. The minimum absolute atomic E-state index is 0.0854. The minimum Gasteiger partial charge on any atom is -0.377 e. The fourth-order valence-corrected chi connectivity index (χ4v) is 4.95. The minimum atomic E-state index is -3.98. The summed E-state index contributed by atoms with van der Waals surface area (Å²) in [5.74, 6) is 0.182. The topological polar surface area (TPSA) is 55.7 Å². The Morgan fingerprint density at radius 1 is 0.964 bits per heavy atom. The molecule has 0 amide bonds. The van der Waals surface area contributed by atoms with Crippen LogP contribution in [0, 0.1) is 13.8 Å². The van der Waals surface area contributed by atoms with Crippen molar-refractivity contribution in [2.24, 2.45) is 4.99 Å². The van der Waals surface area contributed by atoms with Crippen molar-refractivity contribution in [3.05, 3.63) is 86.3 Å². The lowest BCUT2D eigenvalue weighted by Gasteiger charge is -2.12. The van der Waals surface area contributed by atoms with E-state index in [4.69, 9.17) is 4.18 Å². The largest absolute Gasteiger partial charge is 0.377 e. The van der Waals surface area contributed by atoms with Crippen molar-refractivity contribution in [2.45, 2.75) is 18.7 Å². The van der Waals surface area contributed by atoms with Gasteiger partial charge in [0.05, 0.1) is 10.2 Å². The molecule has 7 heteroatoms. The van der Waals surface area contributed by atoms with Gasteiger partial charge >= 0.3 is 10.1 Å². The van der Waals surface area contributed by atoms with Gasteiger partial charge in [0, 0.05) is 16.3 Å². The third-order valence-electron chi connectivity index (χ3n) is 3.97. The normalized spacial score (nSPS) is 11.7. The Bertz CT molecular complexity index is 1140. The van der Waals surface area contributed by atoms with Gasteiger partial charge in [0.2, 0.25) is 0 Å². The monoisotopic (exact) mass is 521 g/mol. The van der Waals surface area contributed by atoms with Crippen LogP contribution in [0.25, 0.3) is 0 Å². The maximum atomic E-state index is 12.7. The van der Waals surface area contributed by atoms with Crippen LogP contribution in [0.5, 0.6) is 5.75 Å². The Hall–Kier alpha value is -1.96. The van der Waals surface area contributed by atoms with Gasteiger partial charge < -0.3 is 4.18 Å². The number of rotatable bonds is 5. The molecule has 0 heterocycles. The molecule has 3 aromatic carbocycles. The average Bonchev–Trinajstić information content (AvgIpc) is 2.65. The van der Waals surface area contributed by atoms with Gasteiger partial charge in [-0.05, 0) is 71.2 Å². The summed E-state index contributed by atoms with van der Waals surface area (Å²) in [5, 5.41) is 0. The lowest BCUT2D eigenvalue weighted by Crippen LogP contribution is -2.11. The fraction of sp³-hybridized carbons (Fsp3) is 0.0952. The molecule has 144 valence electrons. The molecule has 3 aromatic rings. The first kappa shape index (κ1) is 20.8. The van der Waals surface area contributed by atoms with E-state index >= 15 is 0 Å². The van der Waals surface area contributed by atoms with E-state index in [2.05, 4.69) is 36.9 Å². The molecule has 3 rings (SSSR count). The molecule has 28 heavy (non-hydrogen) atoms. The predicted octanol–water partition coefficient (Wildman–Crippen LogP) is 6.35. The summed E-state index contributed by atoms with van der Waals surface area (Å²) in [5.41, 5.74) is 3.46. The van der Waals surface area contributed by atoms with Gasteiger partial charge in [0.25, 0.3) is 0 Å². The molecule has 0 aliphatic rings. The number of benzene rings is 3. The van der Waals surface area contributed by atoms with Crippen molar-refractivity contribution in [2.75, 3.05) is 0 Å². The highest BCUT2D eigenvalue weighted by Gasteiger charge is 2.20. The molecule has 0 fully saturated rings. The third kappa shape index (κ3) is 4.90. The zero-order valence-electron chi connectivity index (χ0n) is 15.2. The smallest absolute Gasteiger partial charge is 0.339 e. The number of aliphatic imine (C=N–C) groups is 1. The molecule has 4 nitrogen and oxygen atoms in total. The van der Waals surface area contributed by atoms with Crippen LogP contribution >= 0.6 is 31.9 Å². The zero-order valence-corrected chi connectivity index (χ0v) is 19.2. The Morgan fingerprint density at radius 3 is 2.39 bits per heavy atom. The number of hydrogen-bond acceptors (Lipinski definition) is 4. The molecular formula is C21H17Br2NO3S. The highest BCUT2D eigenvalue weighted by atomic mass is 79.9. The summed E-state index contributed by atoms with van der Waals surface area (Å²) < 4.78 is 32.1. The molecular weight excluding hydrogens is 506 g/mol. The van der Waals surface area contributed by atoms with Crippen LogP contribution in [0.3, 0.4) is 0 Å². The van der Waals surface area contributed by atoms with Gasteiger partial charge in [-0.2, -0.15) is 8.42 Å². The molecule has 0 aliphatic heterocycles. The average molecular weight is 523 g/mol. The molecule has 0 unspecified atom stereocenters. The van der Waals surface area contributed by atoms with Crippen LogP contribution in [-0.4, -0.2) is 14.6 Å². The fourth-order valence-electron chi connectivity index (χ4n) is 2.51. The molecule has 0 aromatic heterocycles. The maximum absolute atomic E-state index is 12.7. The van der Waals surface area contributed by atoms with Gasteiger partial charge in [0.1, 0.15) is 4.90 Å². The van der Waals surface area contributed by atoms with Crippen LogP contribution in [0.15, 0.2) is 79.5 Å². The SMILES string of the molecule is Cc1ccc(C)c(N=Cc2cc(Br)cc(Br)c2OS(=O)(=O)c2ccccc2)c1. The first-order valence-corrected chi connectivity index (χ1v) is 11.4. The highest BCUT2D eigenvalue weighted by molar-refractivity contribution is 9.11. The summed E-state index contributed by atoms with van der Waals surface area (Å²) in [6.45, 7) is 3.97. The number of halogens is 2. The van der Waals surface area contributed by atoms with E-state index in [1.54, 1.807) is 36.5 Å². The molecule has 0 spiro atoms. The highest BCUT2D eigenvalue weighted by Crippen LogP contribution is 2.34. The summed E-state index contributed by atoms with van der Waals surface area (Å²) in [7, 11) is -3.98. The maximum Gasteiger partial charge on any atom is 0.339 e. The Balaban J connectivity index is 2.03. The predicted molar refractivity (Wildman–Crippen MR) is 119 cm³/mol. The van der Waals surface area contributed by atoms with E-state index in [1.165, 1.54) is 12.1 Å². The molecule has 0 aliphatic carbocycles. The summed E-state index contributed by atoms with van der Waals surface area (Å²) in [6.07, 6.45) is 1.60. The number of aryl methyl sites for hydroxylation is 2. The van der Waals surface area contributed by atoms with Crippen molar-refractivity contribution in [1.82, 2.24) is 0 Å². The van der Waals surface area contributed by atoms with Crippen LogP contribution < -0.4 is 4.18 Å². The molecule has 0 N–H and O–H groups in total. The second kappa shape index (κ2) is 8.59. The van der Waals surface area contributed by atoms with E-state index in [1.807, 2.05) is 32.0 Å². The Labute approximate surface area is 181 Å². The third-order valence-corrected chi connectivity index (χ3v) is 6.25. The van der Waals surface area contributed by atoms with Crippen LogP contribution in [0.1, 0.15) is 16.7 Å². The summed E-state index contributed by atoms with van der Waals surface area (Å²) in [6, 6.07) is 17.5. The second-order valence-corrected chi connectivity index (χ2v) is 9.52. The van der Waals surface area contributed by atoms with Crippen LogP contribution in [-0.2, 0) is 10.1 Å². The van der Waals surface area contributed by atoms with Crippen molar-refractivity contribution in [3.63, 3.8) is 0 Å². The van der Waals surface area contributed by atoms with Gasteiger partial charge in [-0.25, -0.2) is 0 Å². The number of hydrogen-bond donors (Lipinski definition) is 0. The van der Waals surface area contributed by atoms with Crippen molar-refractivity contribution >= 4 is 53.9 Å². The van der Waals surface area contributed by atoms with Gasteiger partial charge in [-0.1, -0.05) is 46.3 Å². The van der Waals surface area contributed by atoms with Crippen molar-refractivity contribution in [1.29, 1.82) is 0 Å². The molecule has 0 radical (unpaired) electrons. The molecule has 0 atom stereocenters. The summed E-state index contributed by atoms with van der Waals surface area (Å²) >= 11 is 6.82. The van der Waals surface area contributed by atoms with Crippen LogP contribution in [0.4, 0.5) is 5.69 Å². The van der Waals surface area contributed by atoms with E-state index in [0.717, 1.165) is 21.3 Å². The van der Waals surface area contributed by atoms with Gasteiger partial charge in [-0.15, -0.1) is 0 Å². The lowest BCUT2D eigenvalue weighted by atomic mass is 10.1. The molecule has 0 saturated heterocycles. The molecule has 0 saturated carbocycles. The lowest BCUT2D eigenvalue weighted by molar-refractivity contribution is 0.484. The standard InChI is InChI=1S/C21H17Br2NO3S/c1-14-8-9-15(2)20(10-14)24-13-16-11-17(22)12-19(23)21(16)27-28(25,26)18-6-4-3-5-7-18/h3-13H,1-2H3. The van der Waals surface area contributed by atoms with E-state index in [9.17, 15) is 8.42 Å².